The number of hydrogen-bond donors (Lipinski definition) is 1. The van der Waals surface area contributed by atoms with Crippen molar-refractivity contribution in [2.45, 2.75) is 26.8 Å². The van der Waals surface area contributed by atoms with Gasteiger partial charge in [-0.3, -0.25) is 9.48 Å². The van der Waals surface area contributed by atoms with Crippen molar-refractivity contribution >= 4 is 5.91 Å². The Balaban J connectivity index is 1.66. The highest BCUT2D eigenvalue weighted by molar-refractivity contribution is 5.94. The van der Waals surface area contributed by atoms with E-state index in [1.54, 1.807) is 31.6 Å². The van der Waals surface area contributed by atoms with Gasteiger partial charge in [-0.15, -0.1) is 0 Å². The molecule has 27 heavy (non-hydrogen) atoms. The Morgan fingerprint density at radius 1 is 1.19 bits per heavy atom. The highest BCUT2D eigenvalue weighted by atomic mass is 16.5. The Bertz CT molecular complexity index is 934. The molecule has 3 aromatic rings. The Labute approximate surface area is 158 Å². The third-order valence-electron chi connectivity index (χ3n) is 4.30. The summed E-state index contributed by atoms with van der Waals surface area (Å²) in [5.74, 6) is 0.328. The summed E-state index contributed by atoms with van der Waals surface area (Å²) in [5.41, 5.74) is 4.12. The van der Waals surface area contributed by atoms with Crippen molar-refractivity contribution in [3.63, 3.8) is 0 Å². The Hall–Kier alpha value is -3.22. The lowest BCUT2D eigenvalue weighted by Crippen LogP contribution is -2.30. The second-order valence-corrected chi connectivity index (χ2v) is 6.42. The van der Waals surface area contributed by atoms with Gasteiger partial charge < -0.3 is 10.1 Å². The zero-order valence-corrected chi connectivity index (χ0v) is 15.9. The topological polar surface area (TPSA) is 81.9 Å². The number of methoxy groups -OCH3 is 1. The Kier molecular flexibility index (Phi) is 5.49. The number of hydrogen-bond acceptors (Lipinski definition) is 5. The van der Waals surface area contributed by atoms with E-state index in [1.807, 2.05) is 43.7 Å². The van der Waals surface area contributed by atoms with Crippen LogP contribution in [0.5, 0.6) is 5.88 Å². The van der Waals surface area contributed by atoms with E-state index in [4.69, 9.17) is 4.74 Å². The average molecular weight is 365 g/mol. The van der Waals surface area contributed by atoms with Crippen molar-refractivity contribution in [2.75, 3.05) is 13.7 Å². The number of nitrogens with zero attached hydrogens (tertiary/aromatic N) is 4. The molecule has 0 saturated carbocycles. The molecule has 7 nitrogen and oxygen atoms in total. The molecule has 3 rings (SSSR count). The zero-order chi connectivity index (χ0) is 19.4. The number of rotatable bonds is 6. The molecule has 0 aliphatic heterocycles. The van der Waals surface area contributed by atoms with Crippen LogP contribution >= 0.6 is 0 Å². The molecular weight excluding hydrogens is 342 g/mol. The van der Waals surface area contributed by atoms with Crippen LogP contribution in [0.1, 0.15) is 34.7 Å². The average Bonchev–Trinajstić information content (AvgIpc) is 3.04. The zero-order valence-electron chi connectivity index (χ0n) is 15.9. The van der Waals surface area contributed by atoms with Crippen LogP contribution in [0.4, 0.5) is 0 Å². The molecule has 0 radical (unpaired) electrons. The van der Waals surface area contributed by atoms with Crippen LogP contribution in [0.2, 0.25) is 0 Å². The van der Waals surface area contributed by atoms with E-state index in [2.05, 4.69) is 20.4 Å². The van der Waals surface area contributed by atoms with Crippen LogP contribution in [-0.2, 0) is 0 Å². The molecule has 0 saturated heterocycles. The summed E-state index contributed by atoms with van der Waals surface area (Å²) in [4.78, 5) is 20.9. The minimum atomic E-state index is -0.124. The molecule has 140 valence electrons. The molecule has 0 bridgehead atoms. The summed E-state index contributed by atoms with van der Waals surface area (Å²) in [6, 6.07) is 9.32. The highest BCUT2D eigenvalue weighted by Gasteiger charge is 2.13. The first-order chi connectivity index (χ1) is 13.0. The van der Waals surface area contributed by atoms with Gasteiger partial charge in [0.25, 0.3) is 5.91 Å². The number of amides is 1. The summed E-state index contributed by atoms with van der Waals surface area (Å²) in [5, 5.41) is 7.43. The van der Waals surface area contributed by atoms with Crippen LogP contribution in [0.15, 0.2) is 42.7 Å². The fraction of sp³-hybridized carbons (Fsp3) is 0.300. The molecule has 1 N–H and O–H groups in total. The number of benzene rings is 1. The van der Waals surface area contributed by atoms with Crippen molar-refractivity contribution in [3.8, 4) is 17.1 Å². The molecule has 0 aliphatic carbocycles. The maximum absolute atomic E-state index is 12.4. The fourth-order valence-electron chi connectivity index (χ4n) is 2.97. The Morgan fingerprint density at radius 2 is 1.89 bits per heavy atom. The van der Waals surface area contributed by atoms with Crippen LogP contribution in [0.3, 0.4) is 0 Å². The monoisotopic (exact) mass is 365 g/mol. The SMILES string of the molecule is COc1nccnc1-c1ccc(C(=O)NC[C@H](C)n2nc(C)cc2C)cc1. The van der Waals surface area contributed by atoms with Crippen LogP contribution in [0, 0.1) is 13.8 Å². The Morgan fingerprint density at radius 3 is 2.52 bits per heavy atom. The standard InChI is InChI=1S/C20H23N5O2/c1-13-11-14(2)25(24-13)15(3)12-23-19(26)17-7-5-16(6-8-17)18-20(27-4)22-10-9-21-18/h5-11,15H,12H2,1-4H3,(H,23,26)/t15-/m0/s1. The molecule has 0 fully saturated rings. The molecule has 1 amide bonds. The number of nitrogens with one attached hydrogen (secondary N) is 1. The van der Waals surface area contributed by atoms with Gasteiger partial charge in [0.1, 0.15) is 5.69 Å². The number of carbonyl (C=O) groups excluding carboxylic acids is 1. The second kappa shape index (κ2) is 7.99. The van der Waals surface area contributed by atoms with Gasteiger partial charge in [0.2, 0.25) is 5.88 Å². The molecular formula is C20H23N5O2. The van der Waals surface area contributed by atoms with E-state index in [0.29, 0.717) is 23.7 Å². The van der Waals surface area contributed by atoms with E-state index in [0.717, 1.165) is 17.0 Å². The predicted octanol–water partition coefficient (Wildman–Crippen LogP) is 2.96. The third-order valence-corrected chi connectivity index (χ3v) is 4.30. The van der Waals surface area contributed by atoms with E-state index in [9.17, 15) is 4.79 Å². The number of ether oxygens (including phenoxy) is 1. The van der Waals surface area contributed by atoms with Crippen molar-refractivity contribution in [1.29, 1.82) is 0 Å². The first-order valence-corrected chi connectivity index (χ1v) is 8.76. The summed E-state index contributed by atoms with van der Waals surface area (Å²) >= 11 is 0. The van der Waals surface area contributed by atoms with Gasteiger partial charge in [0.15, 0.2) is 0 Å². The van der Waals surface area contributed by atoms with E-state index in [1.165, 1.54) is 0 Å². The number of aromatic nitrogens is 4. The fourth-order valence-corrected chi connectivity index (χ4v) is 2.97. The van der Waals surface area contributed by atoms with Crippen molar-refractivity contribution in [3.05, 3.63) is 59.7 Å². The normalized spacial score (nSPS) is 11.9. The summed E-state index contributed by atoms with van der Waals surface area (Å²) in [7, 11) is 1.55. The highest BCUT2D eigenvalue weighted by Crippen LogP contribution is 2.25. The lowest BCUT2D eigenvalue weighted by molar-refractivity contribution is 0.0947. The van der Waals surface area contributed by atoms with Gasteiger partial charge in [0, 0.05) is 35.8 Å². The molecule has 7 heteroatoms. The first kappa shape index (κ1) is 18.6. The molecule has 1 aromatic carbocycles. The van der Waals surface area contributed by atoms with Crippen molar-refractivity contribution in [2.24, 2.45) is 0 Å². The lowest BCUT2D eigenvalue weighted by atomic mass is 10.1. The summed E-state index contributed by atoms with van der Waals surface area (Å²) < 4.78 is 7.16. The second-order valence-electron chi connectivity index (χ2n) is 6.42. The molecule has 0 spiro atoms. The first-order valence-electron chi connectivity index (χ1n) is 8.76. The quantitative estimate of drug-likeness (QED) is 0.726. The summed E-state index contributed by atoms with van der Waals surface area (Å²) in [6.07, 6.45) is 3.19. The lowest BCUT2D eigenvalue weighted by Gasteiger charge is -2.15. The molecule has 2 aromatic heterocycles. The maximum Gasteiger partial charge on any atom is 0.251 e. The van der Waals surface area contributed by atoms with Gasteiger partial charge in [-0.1, -0.05) is 12.1 Å². The third kappa shape index (κ3) is 4.13. The maximum atomic E-state index is 12.4. The number of carbonyl (C=O) groups is 1. The van der Waals surface area contributed by atoms with Gasteiger partial charge >= 0.3 is 0 Å². The smallest absolute Gasteiger partial charge is 0.251 e. The largest absolute Gasteiger partial charge is 0.479 e. The van der Waals surface area contributed by atoms with Crippen LogP contribution < -0.4 is 10.1 Å². The van der Waals surface area contributed by atoms with E-state index < -0.39 is 0 Å². The van der Waals surface area contributed by atoms with Gasteiger partial charge in [-0.25, -0.2) is 9.97 Å². The van der Waals surface area contributed by atoms with Crippen LogP contribution in [0.25, 0.3) is 11.3 Å². The van der Waals surface area contributed by atoms with Gasteiger partial charge in [0.05, 0.1) is 18.8 Å². The van der Waals surface area contributed by atoms with Crippen LogP contribution in [-0.4, -0.2) is 39.3 Å². The summed E-state index contributed by atoms with van der Waals surface area (Å²) in [6.45, 7) is 6.50. The minimum Gasteiger partial charge on any atom is -0.479 e. The van der Waals surface area contributed by atoms with Crippen molar-refractivity contribution < 1.29 is 9.53 Å². The van der Waals surface area contributed by atoms with E-state index in [-0.39, 0.29) is 11.9 Å². The molecule has 0 aliphatic rings. The molecule has 0 unspecified atom stereocenters. The molecule has 1 atom stereocenters. The predicted molar refractivity (Wildman–Crippen MR) is 103 cm³/mol. The van der Waals surface area contributed by atoms with Gasteiger partial charge in [-0.05, 0) is 39.0 Å². The van der Waals surface area contributed by atoms with Crippen molar-refractivity contribution in [1.82, 2.24) is 25.1 Å². The minimum absolute atomic E-state index is 0.0748. The van der Waals surface area contributed by atoms with Gasteiger partial charge in [-0.2, -0.15) is 5.10 Å². The number of aryl methyl sites for hydroxylation is 2. The molecule has 2 heterocycles. The van der Waals surface area contributed by atoms with E-state index >= 15 is 0 Å².